The molecule has 0 saturated carbocycles. The van der Waals surface area contributed by atoms with Crippen LogP contribution in [0, 0.1) is 5.92 Å². The van der Waals surface area contributed by atoms with Crippen molar-refractivity contribution in [2.75, 3.05) is 18.4 Å². The lowest BCUT2D eigenvalue weighted by molar-refractivity contribution is -0.121. The van der Waals surface area contributed by atoms with Crippen LogP contribution in [0.3, 0.4) is 0 Å². The molecule has 0 bridgehead atoms. The number of nitrogens with zero attached hydrogens (tertiary/aromatic N) is 2. The molecular weight excluding hydrogens is 394 g/mol. The molecule has 1 aliphatic heterocycles. The minimum atomic E-state index is 0.00605. The topological polar surface area (TPSA) is 54.3 Å². The second kappa shape index (κ2) is 8.07. The summed E-state index contributed by atoms with van der Waals surface area (Å²) >= 11 is 7.14. The molecule has 1 saturated heterocycles. The van der Waals surface area contributed by atoms with Gasteiger partial charge in [-0.2, -0.15) is 0 Å². The van der Waals surface area contributed by atoms with Crippen LogP contribution in [0.4, 0.5) is 5.69 Å². The maximum absolute atomic E-state index is 12.7. The predicted molar refractivity (Wildman–Crippen MR) is 115 cm³/mol. The normalized spacial score (nSPS) is 15.8. The Morgan fingerprint density at radius 1 is 1.18 bits per heavy atom. The quantitative estimate of drug-likeness (QED) is 0.697. The summed E-state index contributed by atoms with van der Waals surface area (Å²) in [6.45, 7) is 2.69. The summed E-state index contributed by atoms with van der Waals surface area (Å²) < 4.78 is 2.52. The number of halogens is 1. The van der Waals surface area contributed by atoms with E-state index in [9.17, 15) is 9.59 Å². The van der Waals surface area contributed by atoms with Gasteiger partial charge in [0.05, 0.1) is 10.2 Å². The number of amides is 1. The van der Waals surface area contributed by atoms with E-state index in [1.165, 1.54) is 16.9 Å². The maximum atomic E-state index is 12.7. The fourth-order valence-electron chi connectivity index (χ4n) is 3.66. The van der Waals surface area contributed by atoms with E-state index in [0.29, 0.717) is 0 Å². The minimum Gasteiger partial charge on any atom is -0.326 e. The second-order valence-electron chi connectivity index (χ2n) is 7.28. The smallest absolute Gasteiger partial charge is 0.307 e. The van der Waals surface area contributed by atoms with Gasteiger partial charge in [-0.15, -0.1) is 0 Å². The Labute approximate surface area is 172 Å². The number of anilines is 1. The molecule has 1 amide bonds. The molecule has 1 aliphatic rings. The molecule has 2 heterocycles. The molecule has 0 unspecified atom stereocenters. The first kappa shape index (κ1) is 19.2. The highest BCUT2D eigenvalue weighted by molar-refractivity contribution is 7.16. The lowest BCUT2D eigenvalue weighted by Gasteiger charge is -2.31. The standard InChI is InChI=1S/C21H22ClN3O2S/c1-24-18-7-6-17(12-19(18)28-21(24)27)23-20(26)15-8-10-25(11-9-15)13-14-2-4-16(22)5-3-14/h2-7,12,15H,8-11,13H2,1H3,(H,23,26). The molecule has 3 aromatic rings. The fourth-order valence-corrected chi connectivity index (χ4v) is 4.70. The second-order valence-corrected chi connectivity index (χ2v) is 8.71. The summed E-state index contributed by atoms with van der Waals surface area (Å²) in [7, 11) is 1.76. The fraction of sp³-hybridized carbons (Fsp3) is 0.333. The van der Waals surface area contributed by atoms with Crippen molar-refractivity contribution in [3.8, 4) is 0 Å². The van der Waals surface area contributed by atoms with Crippen LogP contribution in [-0.2, 0) is 18.4 Å². The van der Waals surface area contributed by atoms with Crippen molar-refractivity contribution in [3.63, 3.8) is 0 Å². The van der Waals surface area contributed by atoms with Crippen LogP contribution in [0.25, 0.3) is 10.2 Å². The first-order chi connectivity index (χ1) is 13.5. The number of likely N-dealkylation sites (tertiary alicyclic amines) is 1. The summed E-state index contributed by atoms with van der Waals surface area (Å²) in [5, 5.41) is 3.78. The summed E-state index contributed by atoms with van der Waals surface area (Å²) in [6.07, 6.45) is 1.70. The SMILES string of the molecule is Cn1c(=O)sc2cc(NC(=O)C3CCN(Cc4ccc(Cl)cc4)CC3)ccc21. The van der Waals surface area contributed by atoms with Gasteiger partial charge < -0.3 is 9.88 Å². The summed E-state index contributed by atoms with van der Waals surface area (Å²) in [5.41, 5.74) is 2.88. The lowest BCUT2D eigenvalue weighted by atomic mass is 9.95. The number of benzene rings is 2. The van der Waals surface area contributed by atoms with E-state index < -0.39 is 0 Å². The number of rotatable bonds is 4. The van der Waals surface area contributed by atoms with Gasteiger partial charge in [0.25, 0.3) is 0 Å². The third-order valence-electron chi connectivity index (χ3n) is 5.34. The monoisotopic (exact) mass is 415 g/mol. The zero-order valence-electron chi connectivity index (χ0n) is 15.7. The van der Waals surface area contributed by atoms with Crippen LogP contribution >= 0.6 is 22.9 Å². The molecule has 4 rings (SSSR count). The molecule has 146 valence electrons. The molecule has 2 aromatic carbocycles. The number of carbonyl (C=O) groups excluding carboxylic acids is 1. The van der Waals surface area contributed by atoms with E-state index in [-0.39, 0.29) is 16.7 Å². The van der Waals surface area contributed by atoms with Crippen molar-refractivity contribution in [3.05, 3.63) is 62.7 Å². The van der Waals surface area contributed by atoms with Crippen LogP contribution in [0.5, 0.6) is 0 Å². The van der Waals surface area contributed by atoms with E-state index in [1.54, 1.807) is 11.6 Å². The molecule has 0 atom stereocenters. The van der Waals surface area contributed by atoms with Crippen LogP contribution in [0.1, 0.15) is 18.4 Å². The Balaban J connectivity index is 1.33. The van der Waals surface area contributed by atoms with Crippen LogP contribution in [0.15, 0.2) is 47.3 Å². The van der Waals surface area contributed by atoms with Crippen molar-refractivity contribution in [1.29, 1.82) is 0 Å². The zero-order chi connectivity index (χ0) is 19.7. The van der Waals surface area contributed by atoms with Crippen molar-refractivity contribution in [1.82, 2.24) is 9.47 Å². The number of hydrogen-bond donors (Lipinski definition) is 1. The summed E-state index contributed by atoms with van der Waals surface area (Å²) in [6, 6.07) is 13.6. The zero-order valence-corrected chi connectivity index (χ0v) is 17.2. The molecule has 7 heteroatoms. The van der Waals surface area contributed by atoms with Gasteiger partial charge in [0.2, 0.25) is 5.91 Å². The molecular formula is C21H22ClN3O2S. The van der Waals surface area contributed by atoms with Gasteiger partial charge in [-0.05, 0) is 61.8 Å². The Kier molecular flexibility index (Phi) is 5.53. The van der Waals surface area contributed by atoms with Crippen molar-refractivity contribution < 1.29 is 4.79 Å². The van der Waals surface area contributed by atoms with Gasteiger partial charge in [-0.25, -0.2) is 0 Å². The number of carbonyl (C=O) groups is 1. The van der Waals surface area contributed by atoms with E-state index in [4.69, 9.17) is 11.6 Å². The number of hydrogen-bond acceptors (Lipinski definition) is 4. The van der Waals surface area contributed by atoms with Gasteiger partial charge in [0, 0.05) is 30.2 Å². The molecule has 1 N–H and O–H groups in total. The Bertz CT molecular complexity index is 1050. The molecule has 0 spiro atoms. The molecule has 1 aromatic heterocycles. The number of piperidine rings is 1. The largest absolute Gasteiger partial charge is 0.326 e. The minimum absolute atomic E-state index is 0.00605. The first-order valence-electron chi connectivity index (χ1n) is 9.37. The highest BCUT2D eigenvalue weighted by Gasteiger charge is 2.25. The third-order valence-corrected chi connectivity index (χ3v) is 6.58. The Hall–Kier alpha value is -2.15. The molecule has 0 aliphatic carbocycles. The molecule has 1 fully saturated rings. The van der Waals surface area contributed by atoms with Gasteiger partial charge in [-0.3, -0.25) is 14.5 Å². The molecule has 0 radical (unpaired) electrons. The number of aryl methyl sites for hydroxylation is 1. The van der Waals surface area contributed by atoms with Gasteiger partial charge in [-0.1, -0.05) is 35.1 Å². The van der Waals surface area contributed by atoms with E-state index in [2.05, 4.69) is 22.3 Å². The third kappa shape index (κ3) is 4.14. The number of nitrogens with one attached hydrogen (secondary N) is 1. The summed E-state index contributed by atoms with van der Waals surface area (Å²) in [5.74, 6) is 0.0838. The predicted octanol–water partition coefficient (Wildman–Crippen LogP) is 4.10. The van der Waals surface area contributed by atoms with Crippen molar-refractivity contribution in [2.45, 2.75) is 19.4 Å². The average Bonchev–Trinajstić information content (AvgIpc) is 2.97. The van der Waals surface area contributed by atoms with Gasteiger partial charge in [0.15, 0.2) is 0 Å². The maximum Gasteiger partial charge on any atom is 0.307 e. The van der Waals surface area contributed by atoms with Crippen LogP contribution in [0.2, 0.25) is 5.02 Å². The lowest BCUT2D eigenvalue weighted by Crippen LogP contribution is -2.37. The van der Waals surface area contributed by atoms with E-state index in [0.717, 1.165) is 53.4 Å². The van der Waals surface area contributed by atoms with Crippen molar-refractivity contribution >= 4 is 44.7 Å². The van der Waals surface area contributed by atoms with Crippen LogP contribution < -0.4 is 10.2 Å². The number of fused-ring (bicyclic) bond motifs is 1. The van der Waals surface area contributed by atoms with E-state index in [1.807, 2.05) is 30.3 Å². The van der Waals surface area contributed by atoms with Gasteiger partial charge in [0.1, 0.15) is 0 Å². The highest BCUT2D eigenvalue weighted by atomic mass is 35.5. The van der Waals surface area contributed by atoms with Crippen molar-refractivity contribution in [2.24, 2.45) is 13.0 Å². The Morgan fingerprint density at radius 2 is 1.89 bits per heavy atom. The van der Waals surface area contributed by atoms with Crippen LogP contribution in [-0.4, -0.2) is 28.5 Å². The Morgan fingerprint density at radius 3 is 2.61 bits per heavy atom. The number of aromatic nitrogens is 1. The molecule has 5 nitrogen and oxygen atoms in total. The first-order valence-corrected chi connectivity index (χ1v) is 10.6. The summed E-state index contributed by atoms with van der Waals surface area (Å²) in [4.78, 5) is 26.8. The van der Waals surface area contributed by atoms with E-state index >= 15 is 0 Å². The van der Waals surface area contributed by atoms with Gasteiger partial charge >= 0.3 is 4.87 Å². The average molecular weight is 416 g/mol. The highest BCUT2D eigenvalue weighted by Crippen LogP contribution is 2.24. The number of thiazole rings is 1. The molecule has 28 heavy (non-hydrogen) atoms.